The third-order valence-electron chi connectivity index (χ3n) is 5.25. The van der Waals surface area contributed by atoms with E-state index in [1.54, 1.807) is 5.06 Å². The summed E-state index contributed by atoms with van der Waals surface area (Å²) in [5, 5.41) is 1.78. The van der Waals surface area contributed by atoms with E-state index in [1.807, 2.05) is 61.5 Å². The summed E-state index contributed by atoms with van der Waals surface area (Å²) in [5.41, 5.74) is 2.57. The van der Waals surface area contributed by atoms with E-state index in [2.05, 4.69) is 13.8 Å². The number of hydroxylamine groups is 1. The van der Waals surface area contributed by atoms with Crippen LogP contribution in [0.15, 0.2) is 54.6 Å². The highest BCUT2D eigenvalue weighted by Gasteiger charge is 2.59. The molecular weight excluding hydrogens is 340 g/mol. The van der Waals surface area contributed by atoms with E-state index in [9.17, 15) is 9.59 Å². The third kappa shape index (κ3) is 3.02. The molecule has 2 aromatic rings. The van der Waals surface area contributed by atoms with Crippen molar-refractivity contribution in [3.05, 3.63) is 60.2 Å². The molecule has 2 fully saturated rings. The minimum atomic E-state index is -0.761. The molecule has 0 radical (unpaired) electrons. The van der Waals surface area contributed by atoms with Crippen molar-refractivity contribution < 1.29 is 14.4 Å². The fourth-order valence-corrected chi connectivity index (χ4v) is 3.99. The number of rotatable bonds is 4. The number of fused-ring (bicyclic) bond motifs is 1. The lowest BCUT2D eigenvalue weighted by Gasteiger charge is -2.29. The number of imide groups is 1. The number of benzene rings is 2. The normalized spacial score (nSPS) is 24.8. The van der Waals surface area contributed by atoms with Crippen LogP contribution in [0, 0.1) is 18.8 Å². The summed E-state index contributed by atoms with van der Waals surface area (Å²) < 4.78 is 0. The Hall–Kier alpha value is -2.66. The van der Waals surface area contributed by atoms with Crippen molar-refractivity contribution in [2.75, 3.05) is 9.96 Å². The van der Waals surface area contributed by atoms with Gasteiger partial charge in [-0.25, -0.2) is 9.96 Å². The second kappa shape index (κ2) is 6.82. The number of aryl methyl sites for hydroxylation is 1. The molecule has 0 saturated carbocycles. The summed E-state index contributed by atoms with van der Waals surface area (Å²) in [6.45, 7) is 6.22. The highest BCUT2D eigenvalue weighted by Crippen LogP contribution is 2.42. The van der Waals surface area contributed by atoms with E-state index < -0.39 is 12.0 Å². The molecule has 2 aromatic carbocycles. The van der Waals surface area contributed by atoms with Gasteiger partial charge in [0.25, 0.3) is 5.91 Å². The Labute approximate surface area is 159 Å². The molecule has 4 rings (SSSR count). The number of carbonyl (C=O) groups excluding carboxylic acids is 2. The summed E-state index contributed by atoms with van der Waals surface area (Å²) in [7, 11) is 0. The fourth-order valence-electron chi connectivity index (χ4n) is 3.99. The Morgan fingerprint density at radius 1 is 0.926 bits per heavy atom. The molecule has 0 unspecified atom stereocenters. The number of amides is 2. The number of carbonyl (C=O) groups is 2. The van der Waals surface area contributed by atoms with Crippen LogP contribution in [-0.4, -0.2) is 24.0 Å². The molecule has 2 aliphatic heterocycles. The fraction of sp³-hybridized carbons (Fsp3) is 0.364. The van der Waals surface area contributed by atoms with Gasteiger partial charge in [0.1, 0.15) is 0 Å². The van der Waals surface area contributed by atoms with Gasteiger partial charge in [-0.15, -0.1) is 0 Å². The molecule has 2 aliphatic rings. The van der Waals surface area contributed by atoms with E-state index in [-0.39, 0.29) is 17.9 Å². The minimum Gasteiger partial charge on any atom is -0.273 e. The van der Waals surface area contributed by atoms with Crippen LogP contribution in [0.4, 0.5) is 11.4 Å². The average Bonchev–Trinajstić information content (AvgIpc) is 3.13. The molecule has 0 aromatic heterocycles. The first-order valence-corrected chi connectivity index (χ1v) is 9.43. The summed E-state index contributed by atoms with van der Waals surface area (Å²) in [6, 6.07) is 17.0. The van der Waals surface area contributed by atoms with Gasteiger partial charge in [0.15, 0.2) is 6.10 Å². The molecule has 5 nitrogen and oxygen atoms in total. The molecular formula is C22H24N2O3. The topological polar surface area (TPSA) is 49.9 Å². The quantitative estimate of drug-likeness (QED) is 0.776. The largest absolute Gasteiger partial charge is 0.273 e. The summed E-state index contributed by atoms with van der Waals surface area (Å²) in [6.07, 6.45) is 0.0133. The molecule has 3 atom stereocenters. The summed E-state index contributed by atoms with van der Waals surface area (Å²) in [4.78, 5) is 33.7. The maximum Gasteiger partial charge on any atom is 0.266 e. The molecule has 0 bridgehead atoms. The molecule has 5 heteroatoms. The zero-order chi connectivity index (χ0) is 19.1. The molecule has 140 valence electrons. The van der Waals surface area contributed by atoms with Crippen LogP contribution in [0.1, 0.15) is 25.8 Å². The lowest BCUT2D eigenvalue weighted by Crippen LogP contribution is -2.41. The van der Waals surface area contributed by atoms with Gasteiger partial charge in [0.05, 0.1) is 23.3 Å². The second-order valence-corrected chi connectivity index (χ2v) is 7.76. The van der Waals surface area contributed by atoms with Crippen molar-refractivity contribution in [3.63, 3.8) is 0 Å². The van der Waals surface area contributed by atoms with Crippen molar-refractivity contribution in [2.45, 2.75) is 39.3 Å². The van der Waals surface area contributed by atoms with Gasteiger partial charge in [0, 0.05) is 0 Å². The van der Waals surface area contributed by atoms with Crippen LogP contribution < -0.4 is 9.96 Å². The zero-order valence-corrected chi connectivity index (χ0v) is 15.8. The molecule has 0 spiro atoms. The van der Waals surface area contributed by atoms with Gasteiger partial charge in [0.2, 0.25) is 5.91 Å². The number of anilines is 2. The van der Waals surface area contributed by atoms with Gasteiger partial charge in [-0.05, 0) is 43.5 Å². The Morgan fingerprint density at radius 3 is 2.22 bits per heavy atom. The lowest BCUT2D eigenvalue weighted by molar-refractivity contribution is -0.126. The van der Waals surface area contributed by atoms with Gasteiger partial charge in [-0.2, -0.15) is 0 Å². The maximum absolute atomic E-state index is 13.2. The predicted octanol–water partition coefficient (Wildman–Crippen LogP) is 3.72. The SMILES string of the molecule is Cc1ccc(N2C(=O)[C@@H]3[C@H](ON(c4ccccc4)[C@@H]3CC(C)C)C2=O)cc1. The molecule has 2 heterocycles. The van der Waals surface area contributed by atoms with E-state index in [1.165, 1.54) is 4.90 Å². The molecule has 2 saturated heterocycles. The van der Waals surface area contributed by atoms with Crippen molar-refractivity contribution in [1.29, 1.82) is 0 Å². The van der Waals surface area contributed by atoms with E-state index in [4.69, 9.17) is 4.84 Å². The van der Waals surface area contributed by atoms with Crippen LogP contribution in [0.3, 0.4) is 0 Å². The Balaban J connectivity index is 1.69. The Morgan fingerprint density at radius 2 is 1.59 bits per heavy atom. The van der Waals surface area contributed by atoms with Crippen LogP contribution in [0.25, 0.3) is 0 Å². The van der Waals surface area contributed by atoms with Gasteiger partial charge < -0.3 is 0 Å². The maximum atomic E-state index is 13.2. The molecule has 27 heavy (non-hydrogen) atoms. The van der Waals surface area contributed by atoms with Crippen molar-refractivity contribution in [1.82, 2.24) is 0 Å². The van der Waals surface area contributed by atoms with Crippen LogP contribution in [-0.2, 0) is 14.4 Å². The summed E-state index contributed by atoms with van der Waals surface area (Å²) >= 11 is 0. The number of hydrogen-bond acceptors (Lipinski definition) is 4. The zero-order valence-electron chi connectivity index (χ0n) is 15.8. The van der Waals surface area contributed by atoms with Gasteiger partial charge in [-0.1, -0.05) is 49.7 Å². The first kappa shape index (κ1) is 17.7. The third-order valence-corrected chi connectivity index (χ3v) is 5.25. The smallest absolute Gasteiger partial charge is 0.266 e. The standard InChI is InChI=1S/C22H24N2O3/c1-14(2)13-18-19-20(27-24(18)17-7-5-4-6-8-17)22(26)23(21(19)25)16-11-9-15(3)10-12-16/h4-12,14,18-20H,13H2,1-3H3/t18-,19+,20+/m1/s1. The number of para-hydroxylation sites is 1. The minimum absolute atomic E-state index is 0.163. The van der Waals surface area contributed by atoms with Gasteiger partial charge in [-0.3, -0.25) is 14.4 Å². The lowest BCUT2D eigenvalue weighted by atomic mass is 9.90. The number of nitrogens with zero attached hydrogens (tertiary/aromatic N) is 2. The van der Waals surface area contributed by atoms with Crippen LogP contribution >= 0.6 is 0 Å². The van der Waals surface area contributed by atoms with Crippen LogP contribution in [0.2, 0.25) is 0 Å². The van der Waals surface area contributed by atoms with Gasteiger partial charge >= 0.3 is 0 Å². The Kier molecular flexibility index (Phi) is 4.48. The van der Waals surface area contributed by atoms with Crippen LogP contribution in [0.5, 0.6) is 0 Å². The van der Waals surface area contributed by atoms with Crippen molar-refractivity contribution >= 4 is 23.2 Å². The molecule has 2 amide bonds. The van der Waals surface area contributed by atoms with Crippen molar-refractivity contribution in [2.24, 2.45) is 11.8 Å². The Bertz CT molecular complexity index is 848. The number of hydrogen-bond donors (Lipinski definition) is 0. The first-order chi connectivity index (χ1) is 13.0. The van der Waals surface area contributed by atoms with Crippen molar-refractivity contribution in [3.8, 4) is 0 Å². The highest BCUT2D eigenvalue weighted by molar-refractivity contribution is 6.23. The first-order valence-electron chi connectivity index (χ1n) is 9.43. The predicted molar refractivity (Wildman–Crippen MR) is 104 cm³/mol. The second-order valence-electron chi connectivity index (χ2n) is 7.76. The van der Waals surface area contributed by atoms with E-state index >= 15 is 0 Å². The van der Waals surface area contributed by atoms with E-state index in [0.717, 1.165) is 17.7 Å². The average molecular weight is 364 g/mol. The molecule has 0 aliphatic carbocycles. The summed E-state index contributed by atoms with van der Waals surface area (Å²) in [5.74, 6) is -0.555. The highest BCUT2D eigenvalue weighted by atomic mass is 16.7. The van der Waals surface area contributed by atoms with E-state index in [0.29, 0.717) is 11.6 Å². The monoisotopic (exact) mass is 364 g/mol. The molecule has 0 N–H and O–H groups in total.